The summed E-state index contributed by atoms with van der Waals surface area (Å²) in [4.78, 5) is 13.6. The largest absolute Gasteiger partial charge is 0.340 e. The second-order valence-corrected chi connectivity index (χ2v) is 6.48. The van der Waals surface area contributed by atoms with Gasteiger partial charge in [-0.05, 0) is 37.7 Å². The molecule has 1 saturated heterocycles. The molecule has 2 heterocycles. The summed E-state index contributed by atoms with van der Waals surface area (Å²) in [6.45, 7) is 6.11. The maximum atomic E-state index is 4.64. The van der Waals surface area contributed by atoms with Crippen LogP contribution < -0.4 is 10.2 Å². The Morgan fingerprint density at radius 2 is 1.91 bits per heavy atom. The molecule has 0 spiro atoms. The molecule has 0 amide bonds. The minimum atomic E-state index is 0.796. The molecule has 1 aromatic heterocycles. The number of hydrogen-bond donors (Lipinski definition) is 1. The summed E-state index contributed by atoms with van der Waals surface area (Å²) >= 11 is 3.56. The van der Waals surface area contributed by atoms with Gasteiger partial charge in [-0.15, -0.1) is 0 Å². The lowest BCUT2D eigenvalue weighted by molar-refractivity contribution is 0.311. The Hall–Kier alpha value is -1.66. The zero-order valence-corrected chi connectivity index (χ0v) is 14.5. The fourth-order valence-corrected chi connectivity index (χ4v) is 2.77. The third-order valence-corrected chi connectivity index (χ3v) is 4.73. The number of hydrogen-bond acceptors (Lipinski definition) is 5. The topological polar surface area (TPSA) is 44.3 Å². The highest BCUT2D eigenvalue weighted by atomic mass is 79.9. The molecule has 2 aromatic rings. The van der Waals surface area contributed by atoms with Gasteiger partial charge in [0.2, 0.25) is 5.95 Å². The van der Waals surface area contributed by atoms with Crippen LogP contribution in [0.15, 0.2) is 34.9 Å². The number of piperazine rings is 1. The quantitative estimate of drug-likeness (QED) is 0.909. The number of rotatable bonds is 3. The van der Waals surface area contributed by atoms with Crippen molar-refractivity contribution in [3.63, 3.8) is 0 Å². The summed E-state index contributed by atoms with van der Waals surface area (Å²) in [6, 6.07) is 8.09. The average Bonchev–Trinajstić information content (AvgIpc) is 2.52. The maximum Gasteiger partial charge on any atom is 0.227 e. The van der Waals surface area contributed by atoms with Crippen LogP contribution in [0.2, 0.25) is 0 Å². The lowest BCUT2D eigenvalue weighted by atomic mass is 10.2. The van der Waals surface area contributed by atoms with Gasteiger partial charge >= 0.3 is 0 Å². The zero-order chi connectivity index (χ0) is 15.5. The fraction of sp³-hybridized carbons (Fsp3) is 0.375. The SMILES string of the molecule is Cc1ccc(Nc2ccnc(N3CCN(C)CC3)n2)cc1Br. The zero-order valence-electron chi connectivity index (χ0n) is 12.9. The van der Waals surface area contributed by atoms with Crippen LogP contribution in [0.25, 0.3) is 0 Å². The van der Waals surface area contributed by atoms with Crippen LogP contribution in [-0.4, -0.2) is 48.1 Å². The van der Waals surface area contributed by atoms with Gasteiger partial charge in [-0.25, -0.2) is 4.98 Å². The van der Waals surface area contributed by atoms with Crippen molar-refractivity contribution in [3.05, 3.63) is 40.5 Å². The molecule has 1 aromatic carbocycles. The first-order valence-electron chi connectivity index (χ1n) is 7.41. The highest BCUT2D eigenvalue weighted by Crippen LogP contribution is 2.23. The standard InChI is InChI=1S/C16H20BrN5/c1-12-3-4-13(11-14(12)17)19-15-5-6-18-16(20-15)22-9-7-21(2)8-10-22/h3-6,11H,7-10H2,1-2H3,(H,18,19,20). The van der Waals surface area contributed by atoms with E-state index in [4.69, 9.17) is 0 Å². The second-order valence-electron chi connectivity index (χ2n) is 5.62. The minimum absolute atomic E-state index is 0.796. The van der Waals surface area contributed by atoms with Gasteiger partial charge in [-0.1, -0.05) is 22.0 Å². The van der Waals surface area contributed by atoms with E-state index < -0.39 is 0 Å². The summed E-state index contributed by atoms with van der Waals surface area (Å²) < 4.78 is 1.09. The first-order valence-corrected chi connectivity index (χ1v) is 8.21. The van der Waals surface area contributed by atoms with Crippen molar-refractivity contribution in [3.8, 4) is 0 Å². The highest BCUT2D eigenvalue weighted by Gasteiger charge is 2.16. The highest BCUT2D eigenvalue weighted by molar-refractivity contribution is 9.10. The second kappa shape index (κ2) is 6.62. The maximum absolute atomic E-state index is 4.64. The Labute approximate surface area is 139 Å². The van der Waals surface area contributed by atoms with Crippen LogP contribution in [0.1, 0.15) is 5.56 Å². The van der Waals surface area contributed by atoms with Crippen molar-refractivity contribution in [2.24, 2.45) is 0 Å². The number of nitrogens with one attached hydrogen (secondary N) is 1. The van der Waals surface area contributed by atoms with E-state index in [9.17, 15) is 0 Å². The number of halogens is 1. The summed E-state index contributed by atoms with van der Waals surface area (Å²) in [7, 11) is 2.14. The third-order valence-electron chi connectivity index (χ3n) is 3.87. The van der Waals surface area contributed by atoms with Gasteiger partial charge in [0.25, 0.3) is 0 Å². The Balaban J connectivity index is 1.74. The minimum Gasteiger partial charge on any atom is -0.340 e. The fourth-order valence-electron chi connectivity index (χ4n) is 2.40. The van der Waals surface area contributed by atoms with E-state index in [0.29, 0.717) is 0 Å². The molecule has 3 rings (SSSR count). The first-order chi connectivity index (χ1) is 10.6. The molecular weight excluding hydrogens is 342 g/mol. The summed E-state index contributed by atoms with van der Waals surface area (Å²) in [5, 5.41) is 3.34. The number of likely N-dealkylation sites (N-methyl/N-ethyl adjacent to an activating group) is 1. The number of aromatic nitrogens is 2. The first kappa shape index (κ1) is 15.2. The molecule has 0 aliphatic carbocycles. The molecule has 1 N–H and O–H groups in total. The van der Waals surface area contributed by atoms with Crippen molar-refractivity contribution in [2.75, 3.05) is 43.4 Å². The Kier molecular flexibility index (Phi) is 4.59. The van der Waals surface area contributed by atoms with Crippen LogP contribution >= 0.6 is 15.9 Å². The summed E-state index contributed by atoms with van der Waals surface area (Å²) in [6.07, 6.45) is 1.81. The molecule has 0 radical (unpaired) electrons. The van der Waals surface area contributed by atoms with Crippen molar-refractivity contribution in [1.82, 2.24) is 14.9 Å². The molecule has 0 unspecified atom stereocenters. The van der Waals surface area contributed by atoms with Crippen molar-refractivity contribution < 1.29 is 0 Å². The normalized spacial score (nSPS) is 15.9. The van der Waals surface area contributed by atoms with Crippen LogP contribution in [0, 0.1) is 6.92 Å². The van der Waals surface area contributed by atoms with Gasteiger partial charge in [0.1, 0.15) is 5.82 Å². The number of nitrogens with zero attached hydrogens (tertiary/aromatic N) is 4. The van der Waals surface area contributed by atoms with Gasteiger partial charge < -0.3 is 15.1 Å². The van der Waals surface area contributed by atoms with Crippen molar-refractivity contribution >= 4 is 33.4 Å². The van der Waals surface area contributed by atoms with E-state index in [1.54, 1.807) is 0 Å². The van der Waals surface area contributed by atoms with E-state index in [1.807, 2.05) is 12.3 Å². The van der Waals surface area contributed by atoms with E-state index in [0.717, 1.165) is 48.1 Å². The van der Waals surface area contributed by atoms with Gasteiger partial charge in [-0.2, -0.15) is 4.98 Å². The van der Waals surface area contributed by atoms with Crippen molar-refractivity contribution in [2.45, 2.75) is 6.92 Å². The molecule has 6 heteroatoms. The molecule has 0 atom stereocenters. The van der Waals surface area contributed by atoms with Crippen LogP contribution in [-0.2, 0) is 0 Å². The molecule has 1 fully saturated rings. The number of anilines is 3. The van der Waals surface area contributed by atoms with Crippen molar-refractivity contribution in [1.29, 1.82) is 0 Å². The van der Waals surface area contributed by atoms with E-state index in [1.165, 1.54) is 5.56 Å². The molecule has 116 valence electrons. The average molecular weight is 362 g/mol. The van der Waals surface area contributed by atoms with Crippen LogP contribution in [0.5, 0.6) is 0 Å². The van der Waals surface area contributed by atoms with Crippen LogP contribution in [0.3, 0.4) is 0 Å². The molecule has 5 nitrogen and oxygen atoms in total. The lowest BCUT2D eigenvalue weighted by Gasteiger charge is -2.32. The molecule has 0 bridgehead atoms. The van der Waals surface area contributed by atoms with E-state index in [2.05, 4.69) is 73.2 Å². The molecule has 1 aliphatic rings. The van der Waals surface area contributed by atoms with Gasteiger partial charge in [-0.3, -0.25) is 0 Å². The Morgan fingerprint density at radius 1 is 1.14 bits per heavy atom. The van der Waals surface area contributed by atoms with Gasteiger partial charge in [0.05, 0.1) is 0 Å². The van der Waals surface area contributed by atoms with Crippen LogP contribution in [0.4, 0.5) is 17.5 Å². The molecule has 0 saturated carbocycles. The summed E-state index contributed by atoms with van der Waals surface area (Å²) in [5.74, 6) is 1.61. The number of aryl methyl sites for hydroxylation is 1. The molecule has 1 aliphatic heterocycles. The summed E-state index contributed by atoms with van der Waals surface area (Å²) in [5.41, 5.74) is 2.23. The van der Waals surface area contributed by atoms with E-state index >= 15 is 0 Å². The third kappa shape index (κ3) is 3.56. The Morgan fingerprint density at radius 3 is 2.64 bits per heavy atom. The smallest absolute Gasteiger partial charge is 0.227 e. The van der Waals surface area contributed by atoms with Gasteiger partial charge in [0.15, 0.2) is 0 Å². The predicted octanol–water partition coefficient (Wildman–Crippen LogP) is 3.04. The molecular formula is C16H20BrN5. The monoisotopic (exact) mass is 361 g/mol. The predicted molar refractivity (Wildman–Crippen MR) is 93.9 cm³/mol. The number of benzene rings is 1. The van der Waals surface area contributed by atoms with Gasteiger partial charge in [0, 0.05) is 42.5 Å². The lowest BCUT2D eigenvalue weighted by Crippen LogP contribution is -2.45. The molecule has 22 heavy (non-hydrogen) atoms. The Bertz CT molecular complexity index is 653. The van der Waals surface area contributed by atoms with E-state index in [-0.39, 0.29) is 0 Å².